The van der Waals surface area contributed by atoms with Gasteiger partial charge >= 0.3 is 0 Å². The van der Waals surface area contributed by atoms with Crippen LogP contribution in [-0.4, -0.2) is 31.1 Å². The first-order chi connectivity index (χ1) is 11.6. The molecule has 0 bridgehead atoms. The largest absolute Gasteiger partial charge is 0.484 e. The van der Waals surface area contributed by atoms with Crippen molar-refractivity contribution in [3.8, 4) is 5.75 Å². The van der Waals surface area contributed by atoms with E-state index in [1.54, 1.807) is 13.2 Å². The molecule has 0 fully saturated rings. The van der Waals surface area contributed by atoms with Gasteiger partial charge in [-0.3, -0.25) is 14.9 Å². The third-order valence-electron chi connectivity index (χ3n) is 3.34. The molecule has 7 nitrogen and oxygen atoms in total. The van der Waals surface area contributed by atoms with Crippen molar-refractivity contribution in [3.63, 3.8) is 0 Å². The average molecular weight is 330 g/mol. The SMILES string of the molecule is CO[C@@H](CNC(=O)COc1cccc([N+](=O)[O-])c1)c1ccccc1. The van der Waals surface area contributed by atoms with E-state index < -0.39 is 4.92 Å². The number of nitro benzene ring substituents is 1. The van der Waals surface area contributed by atoms with E-state index in [9.17, 15) is 14.9 Å². The maximum Gasteiger partial charge on any atom is 0.273 e. The highest BCUT2D eigenvalue weighted by atomic mass is 16.6. The Balaban J connectivity index is 1.83. The Morgan fingerprint density at radius 3 is 2.62 bits per heavy atom. The summed E-state index contributed by atoms with van der Waals surface area (Å²) in [5.74, 6) is -0.0646. The molecule has 2 rings (SSSR count). The summed E-state index contributed by atoms with van der Waals surface area (Å²) in [6, 6.07) is 15.2. The fraction of sp³-hybridized carbons (Fsp3) is 0.235. The molecule has 7 heteroatoms. The van der Waals surface area contributed by atoms with Gasteiger partial charge in [-0.05, 0) is 11.6 Å². The molecule has 0 radical (unpaired) electrons. The van der Waals surface area contributed by atoms with Crippen LogP contribution in [0.1, 0.15) is 11.7 Å². The highest BCUT2D eigenvalue weighted by Gasteiger charge is 2.12. The zero-order chi connectivity index (χ0) is 17.4. The van der Waals surface area contributed by atoms with Gasteiger partial charge in [0.25, 0.3) is 11.6 Å². The van der Waals surface area contributed by atoms with Crippen molar-refractivity contribution in [1.29, 1.82) is 0 Å². The van der Waals surface area contributed by atoms with Crippen LogP contribution in [0.3, 0.4) is 0 Å². The third-order valence-corrected chi connectivity index (χ3v) is 3.34. The monoisotopic (exact) mass is 330 g/mol. The maximum absolute atomic E-state index is 11.9. The number of nitrogens with one attached hydrogen (secondary N) is 1. The van der Waals surface area contributed by atoms with Gasteiger partial charge in [0, 0.05) is 19.7 Å². The van der Waals surface area contributed by atoms with Gasteiger partial charge in [0.1, 0.15) is 5.75 Å². The van der Waals surface area contributed by atoms with Crippen LogP contribution in [0.4, 0.5) is 5.69 Å². The lowest BCUT2D eigenvalue weighted by atomic mass is 10.1. The summed E-state index contributed by atoms with van der Waals surface area (Å²) in [5, 5.41) is 13.4. The standard InChI is InChI=1S/C17H18N2O5/c1-23-16(13-6-3-2-4-7-13)11-18-17(20)12-24-15-9-5-8-14(10-15)19(21)22/h2-10,16H,11-12H2,1H3,(H,18,20)/t16-/m0/s1. The first kappa shape index (κ1) is 17.4. The maximum atomic E-state index is 11.9. The van der Waals surface area contributed by atoms with E-state index >= 15 is 0 Å². The molecule has 1 N–H and O–H groups in total. The summed E-state index contributed by atoms with van der Waals surface area (Å²) in [5.41, 5.74) is 0.872. The molecular weight excluding hydrogens is 312 g/mol. The molecule has 0 aromatic heterocycles. The molecule has 0 spiro atoms. The number of carbonyl (C=O) groups excluding carboxylic acids is 1. The fourth-order valence-electron chi connectivity index (χ4n) is 2.10. The van der Waals surface area contributed by atoms with Crippen molar-refractivity contribution >= 4 is 11.6 Å². The number of amides is 1. The number of hydrogen-bond acceptors (Lipinski definition) is 5. The third kappa shape index (κ3) is 5.06. The zero-order valence-corrected chi connectivity index (χ0v) is 13.2. The second-order valence-electron chi connectivity index (χ2n) is 4.98. The van der Waals surface area contributed by atoms with E-state index in [2.05, 4.69) is 5.32 Å². The number of nitrogens with zero attached hydrogens (tertiary/aromatic N) is 1. The topological polar surface area (TPSA) is 90.7 Å². The minimum Gasteiger partial charge on any atom is -0.484 e. The van der Waals surface area contributed by atoms with Crippen LogP contribution in [0.15, 0.2) is 54.6 Å². The van der Waals surface area contributed by atoms with E-state index in [4.69, 9.17) is 9.47 Å². The molecule has 0 saturated carbocycles. The lowest BCUT2D eigenvalue weighted by Gasteiger charge is -2.16. The van der Waals surface area contributed by atoms with E-state index in [0.717, 1.165) is 5.56 Å². The molecule has 24 heavy (non-hydrogen) atoms. The number of ether oxygens (including phenoxy) is 2. The fourth-order valence-corrected chi connectivity index (χ4v) is 2.10. The molecular formula is C17H18N2O5. The molecule has 2 aromatic carbocycles. The van der Waals surface area contributed by atoms with Gasteiger partial charge in [-0.1, -0.05) is 36.4 Å². The molecule has 1 amide bonds. The number of carbonyl (C=O) groups is 1. The highest BCUT2D eigenvalue weighted by Crippen LogP contribution is 2.19. The van der Waals surface area contributed by atoms with Crippen molar-refractivity contribution in [2.45, 2.75) is 6.10 Å². The van der Waals surface area contributed by atoms with E-state index in [0.29, 0.717) is 6.54 Å². The number of methoxy groups -OCH3 is 1. The van der Waals surface area contributed by atoms with Gasteiger partial charge < -0.3 is 14.8 Å². The molecule has 0 unspecified atom stereocenters. The molecule has 1 atom stereocenters. The Labute approximate surface area is 139 Å². The van der Waals surface area contributed by atoms with Crippen LogP contribution in [0.2, 0.25) is 0 Å². The van der Waals surface area contributed by atoms with Crippen LogP contribution in [0.25, 0.3) is 0 Å². The van der Waals surface area contributed by atoms with Crippen molar-refractivity contribution in [2.75, 3.05) is 20.3 Å². The zero-order valence-electron chi connectivity index (χ0n) is 13.2. The van der Waals surface area contributed by atoms with Crippen molar-refractivity contribution in [1.82, 2.24) is 5.32 Å². The van der Waals surface area contributed by atoms with E-state index in [-0.39, 0.29) is 30.1 Å². The minimum atomic E-state index is -0.518. The van der Waals surface area contributed by atoms with E-state index in [1.165, 1.54) is 18.2 Å². The predicted octanol–water partition coefficient (Wildman–Crippen LogP) is 2.48. The van der Waals surface area contributed by atoms with Gasteiger partial charge in [-0.15, -0.1) is 0 Å². The van der Waals surface area contributed by atoms with Crippen LogP contribution in [0.5, 0.6) is 5.75 Å². The summed E-state index contributed by atoms with van der Waals surface area (Å²) >= 11 is 0. The Morgan fingerprint density at radius 2 is 1.96 bits per heavy atom. The summed E-state index contributed by atoms with van der Waals surface area (Å²) in [4.78, 5) is 22.0. The highest BCUT2D eigenvalue weighted by molar-refractivity contribution is 5.77. The summed E-state index contributed by atoms with van der Waals surface area (Å²) in [6.45, 7) is 0.0734. The number of hydrogen-bond donors (Lipinski definition) is 1. The first-order valence-corrected chi connectivity index (χ1v) is 7.32. The minimum absolute atomic E-state index is 0.0866. The van der Waals surface area contributed by atoms with E-state index in [1.807, 2.05) is 30.3 Å². The number of non-ortho nitro benzene ring substituents is 1. The Hall–Kier alpha value is -2.93. The van der Waals surface area contributed by atoms with Crippen molar-refractivity contribution in [3.05, 3.63) is 70.3 Å². The quantitative estimate of drug-likeness (QED) is 0.593. The number of nitro groups is 1. The van der Waals surface area contributed by atoms with Crippen molar-refractivity contribution < 1.29 is 19.2 Å². The number of benzene rings is 2. The summed E-state index contributed by atoms with van der Waals surface area (Å²) in [6.07, 6.45) is -0.257. The first-order valence-electron chi connectivity index (χ1n) is 7.32. The van der Waals surface area contributed by atoms with Crippen molar-refractivity contribution in [2.24, 2.45) is 0 Å². The second-order valence-corrected chi connectivity index (χ2v) is 4.98. The number of rotatable bonds is 8. The van der Waals surface area contributed by atoms with Gasteiger partial charge in [0.05, 0.1) is 17.1 Å². The van der Waals surface area contributed by atoms with Gasteiger partial charge in [-0.25, -0.2) is 0 Å². The summed E-state index contributed by atoms with van der Waals surface area (Å²) in [7, 11) is 1.57. The average Bonchev–Trinajstić information content (AvgIpc) is 2.61. The van der Waals surface area contributed by atoms with Crippen LogP contribution < -0.4 is 10.1 Å². The van der Waals surface area contributed by atoms with Gasteiger partial charge in [0.15, 0.2) is 6.61 Å². The molecule has 0 heterocycles. The van der Waals surface area contributed by atoms with Crippen LogP contribution >= 0.6 is 0 Å². The van der Waals surface area contributed by atoms with Crippen LogP contribution in [0, 0.1) is 10.1 Å². The lowest BCUT2D eigenvalue weighted by Crippen LogP contribution is -2.33. The molecule has 0 saturated heterocycles. The molecule has 0 aliphatic rings. The normalized spacial score (nSPS) is 11.5. The second kappa shape index (κ2) is 8.64. The Bertz CT molecular complexity index is 690. The Kier molecular flexibility index (Phi) is 6.27. The molecule has 2 aromatic rings. The summed E-state index contributed by atoms with van der Waals surface area (Å²) < 4.78 is 10.6. The molecule has 0 aliphatic heterocycles. The Morgan fingerprint density at radius 1 is 1.21 bits per heavy atom. The van der Waals surface area contributed by atoms with Gasteiger partial charge in [-0.2, -0.15) is 0 Å². The van der Waals surface area contributed by atoms with Crippen LogP contribution in [-0.2, 0) is 9.53 Å². The van der Waals surface area contributed by atoms with Gasteiger partial charge in [0.2, 0.25) is 0 Å². The predicted molar refractivity (Wildman–Crippen MR) is 87.8 cm³/mol. The molecule has 0 aliphatic carbocycles. The molecule has 126 valence electrons. The smallest absolute Gasteiger partial charge is 0.273 e. The lowest BCUT2D eigenvalue weighted by molar-refractivity contribution is -0.384.